The average Bonchev–Trinajstić information content (AvgIpc) is 3.54. The van der Waals surface area contributed by atoms with Gasteiger partial charge >= 0.3 is 5.97 Å². The Balaban J connectivity index is 1.53. The lowest BCUT2D eigenvalue weighted by Gasteiger charge is -2.12. The van der Waals surface area contributed by atoms with Crippen LogP contribution in [0.15, 0.2) is 53.2 Å². The van der Waals surface area contributed by atoms with Gasteiger partial charge in [0, 0.05) is 24.2 Å². The minimum Gasteiger partial charge on any atom is -0.465 e. The van der Waals surface area contributed by atoms with Gasteiger partial charge in [0.15, 0.2) is 22.9 Å². The molecule has 0 spiro atoms. The van der Waals surface area contributed by atoms with Gasteiger partial charge in [-0.2, -0.15) is 0 Å². The second kappa shape index (κ2) is 8.64. The average molecular weight is 494 g/mol. The van der Waals surface area contributed by atoms with Gasteiger partial charge in [-0.3, -0.25) is 0 Å². The Bertz CT molecular complexity index is 1750. The number of benzene rings is 2. The van der Waals surface area contributed by atoms with Crippen LogP contribution in [-0.2, 0) is 11.8 Å². The van der Waals surface area contributed by atoms with Gasteiger partial charge in [0.25, 0.3) is 0 Å². The molecule has 3 heterocycles. The quantitative estimate of drug-likeness (QED) is 0.228. The van der Waals surface area contributed by atoms with Gasteiger partial charge in [0.05, 0.1) is 19.2 Å². The van der Waals surface area contributed by atoms with Crippen LogP contribution in [0.25, 0.3) is 50.0 Å². The van der Waals surface area contributed by atoms with Crippen LogP contribution in [0.5, 0.6) is 0 Å². The van der Waals surface area contributed by atoms with Gasteiger partial charge in [-0.05, 0) is 54.3 Å². The van der Waals surface area contributed by atoms with E-state index in [9.17, 15) is 9.18 Å². The van der Waals surface area contributed by atoms with Crippen LogP contribution in [0, 0.1) is 12.4 Å². The molecule has 9 nitrogen and oxygen atoms in total. The Morgan fingerprint density at radius 3 is 2.70 bits per heavy atom. The summed E-state index contributed by atoms with van der Waals surface area (Å²) in [4.78, 5) is 24.7. The largest absolute Gasteiger partial charge is 0.465 e. The number of esters is 1. The molecule has 0 unspecified atom stereocenters. The van der Waals surface area contributed by atoms with Crippen molar-refractivity contribution in [3.8, 4) is 34.1 Å². The number of carbonyl (C=O) groups excluding carboxylic acids is 1. The Morgan fingerprint density at radius 2 is 2.00 bits per heavy atom. The molecule has 1 fully saturated rings. The number of halogens is 1. The van der Waals surface area contributed by atoms with E-state index in [2.05, 4.69) is 20.0 Å². The van der Waals surface area contributed by atoms with Gasteiger partial charge in [-0.1, -0.05) is 12.1 Å². The van der Waals surface area contributed by atoms with E-state index in [-0.39, 0.29) is 22.6 Å². The van der Waals surface area contributed by atoms with Crippen LogP contribution in [0.1, 0.15) is 34.8 Å². The molecule has 1 saturated carbocycles. The third-order valence-electron chi connectivity index (χ3n) is 6.32. The van der Waals surface area contributed by atoms with Gasteiger partial charge in [-0.15, -0.1) is 10.2 Å². The Kier molecular flexibility index (Phi) is 5.26. The number of oxazole rings is 1. The van der Waals surface area contributed by atoms with Crippen molar-refractivity contribution in [3.63, 3.8) is 0 Å². The van der Waals surface area contributed by atoms with E-state index in [1.807, 2.05) is 25.2 Å². The monoisotopic (exact) mass is 494 g/mol. The van der Waals surface area contributed by atoms with Crippen LogP contribution in [0.3, 0.4) is 0 Å². The zero-order valence-corrected chi connectivity index (χ0v) is 19.9. The maximum absolute atomic E-state index is 14.8. The Labute approximate surface area is 210 Å². The van der Waals surface area contributed by atoms with Crippen molar-refractivity contribution in [2.75, 3.05) is 7.11 Å². The number of ether oxygens (including phenoxy) is 1. The lowest BCUT2D eigenvalue weighted by atomic mass is 9.97. The van der Waals surface area contributed by atoms with E-state index in [4.69, 9.17) is 20.7 Å². The van der Waals surface area contributed by atoms with Crippen molar-refractivity contribution >= 4 is 22.8 Å². The van der Waals surface area contributed by atoms with Crippen LogP contribution < -0.4 is 0 Å². The molecule has 6 rings (SSSR count). The summed E-state index contributed by atoms with van der Waals surface area (Å²) < 4.78 is 27.0. The maximum Gasteiger partial charge on any atom is 0.338 e. The third kappa shape index (κ3) is 4.00. The molecule has 10 heteroatoms. The Hall–Kier alpha value is -4.91. The number of nitrogens with zero attached hydrogens (tertiary/aromatic N) is 6. The highest BCUT2D eigenvalue weighted by molar-refractivity contribution is 5.94. The molecule has 0 bridgehead atoms. The molecule has 1 aliphatic rings. The Morgan fingerprint density at radius 1 is 1.16 bits per heavy atom. The van der Waals surface area contributed by atoms with Gasteiger partial charge in [0.1, 0.15) is 17.5 Å². The first kappa shape index (κ1) is 22.5. The zero-order valence-electron chi connectivity index (χ0n) is 19.9. The van der Waals surface area contributed by atoms with Crippen LogP contribution in [-0.4, -0.2) is 37.8 Å². The SMILES string of the molecule is [C-]#[N+]c1ccc(-c2cc(-c3nc4cc(C(=O)OC)cc(F)c4o3)nc(C3CC3)c2)c(-c2nncn2C)c1. The summed E-state index contributed by atoms with van der Waals surface area (Å²) in [5.41, 5.74) is 4.38. The summed E-state index contributed by atoms with van der Waals surface area (Å²) in [5.74, 6) is -0.314. The van der Waals surface area contributed by atoms with E-state index < -0.39 is 11.8 Å². The molecular weight excluding hydrogens is 475 g/mol. The number of hydrogen-bond acceptors (Lipinski definition) is 7. The second-order valence-corrected chi connectivity index (χ2v) is 8.86. The van der Waals surface area contributed by atoms with Crippen molar-refractivity contribution in [2.45, 2.75) is 18.8 Å². The van der Waals surface area contributed by atoms with Crippen molar-refractivity contribution in [1.82, 2.24) is 24.7 Å². The van der Waals surface area contributed by atoms with E-state index in [0.29, 0.717) is 23.1 Å². The molecule has 182 valence electrons. The lowest BCUT2D eigenvalue weighted by Crippen LogP contribution is -2.01. The molecule has 2 aromatic carbocycles. The van der Waals surface area contributed by atoms with Crippen LogP contribution in [0.2, 0.25) is 0 Å². The smallest absolute Gasteiger partial charge is 0.338 e. The molecule has 0 N–H and O–H groups in total. The number of methoxy groups -OCH3 is 1. The maximum atomic E-state index is 14.8. The van der Waals surface area contributed by atoms with Gasteiger partial charge in [0.2, 0.25) is 5.89 Å². The van der Waals surface area contributed by atoms with Gasteiger partial charge < -0.3 is 13.7 Å². The normalized spacial score (nSPS) is 13.0. The first-order valence-electron chi connectivity index (χ1n) is 11.5. The third-order valence-corrected chi connectivity index (χ3v) is 6.32. The summed E-state index contributed by atoms with van der Waals surface area (Å²) in [7, 11) is 3.07. The number of aryl methyl sites for hydroxylation is 1. The summed E-state index contributed by atoms with van der Waals surface area (Å²) >= 11 is 0. The first-order valence-corrected chi connectivity index (χ1v) is 11.5. The zero-order chi connectivity index (χ0) is 25.7. The van der Waals surface area contributed by atoms with Gasteiger partial charge in [-0.25, -0.2) is 24.0 Å². The highest BCUT2D eigenvalue weighted by Crippen LogP contribution is 2.43. The topological polar surface area (TPSA) is 100 Å². The number of carbonyl (C=O) groups is 1. The molecule has 0 aliphatic heterocycles. The van der Waals surface area contributed by atoms with Crippen molar-refractivity contribution < 1.29 is 18.3 Å². The standard InChI is InChI=1S/C27H19FN6O3/c1-29-17-6-7-18(19(12-17)25-33-30-13-34(25)2)15-9-21(14-4-5-14)31-23(10-15)26-32-22-11-16(27(35)36-3)8-20(28)24(22)37-26/h6-14H,4-5H2,2-3H3. The predicted octanol–water partition coefficient (Wildman–Crippen LogP) is 5.71. The number of rotatable bonds is 5. The molecule has 5 aromatic rings. The minimum atomic E-state index is -0.713. The summed E-state index contributed by atoms with van der Waals surface area (Å²) in [6.45, 7) is 7.46. The van der Waals surface area contributed by atoms with Crippen molar-refractivity contribution in [2.24, 2.45) is 7.05 Å². The first-order chi connectivity index (χ1) is 17.9. The summed E-state index contributed by atoms with van der Waals surface area (Å²) in [6.07, 6.45) is 3.65. The van der Waals surface area contributed by atoms with Crippen molar-refractivity contribution in [3.05, 3.63) is 77.3 Å². The number of aromatic nitrogens is 5. The predicted molar refractivity (Wildman–Crippen MR) is 132 cm³/mol. The molecule has 3 aromatic heterocycles. The molecule has 1 aliphatic carbocycles. The highest BCUT2D eigenvalue weighted by Gasteiger charge is 2.28. The van der Waals surface area contributed by atoms with E-state index in [0.717, 1.165) is 41.3 Å². The number of hydrogen-bond donors (Lipinski definition) is 0. The minimum absolute atomic E-state index is 0.0425. The van der Waals surface area contributed by atoms with E-state index in [1.54, 1.807) is 23.0 Å². The second-order valence-electron chi connectivity index (χ2n) is 8.86. The van der Waals surface area contributed by atoms with E-state index in [1.165, 1.54) is 13.2 Å². The fourth-order valence-corrected chi connectivity index (χ4v) is 4.31. The molecule has 0 atom stereocenters. The fraction of sp³-hybridized carbons (Fsp3) is 0.185. The van der Waals surface area contributed by atoms with Crippen molar-refractivity contribution in [1.29, 1.82) is 0 Å². The highest BCUT2D eigenvalue weighted by atomic mass is 19.1. The molecule has 0 radical (unpaired) electrons. The van der Waals surface area contributed by atoms with E-state index >= 15 is 0 Å². The van der Waals surface area contributed by atoms with Crippen LogP contribution in [0.4, 0.5) is 10.1 Å². The lowest BCUT2D eigenvalue weighted by molar-refractivity contribution is 0.0600. The molecule has 0 amide bonds. The number of pyridine rings is 1. The fourth-order valence-electron chi connectivity index (χ4n) is 4.31. The summed E-state index contributed by atoms with van der Waals surface area (Å²) in [5, 5.41) is 8.25. The van der Waals surface area contributed by atoms with Crippen LogP contribution >= 0.6 is 0 Å². The molecule has 0 saturated heterocycles. The number of fused-ring (bicyclic) bond motifs is 1. The molecular formula is C27H19FN6O3. The molecule has 37 heavy (non-hydrogen) atoms. The summed E-state index contributed by atoms with van der Waals surface area (Å²) in [6, 6.07) is 11.7.